The van der Waals surface area contributed by atoms with Crippen LogP contribution in [0.3, 0.4) is 0 Å². The number of fused-ring (bicyclic) bond motifs is 3. The number of hydrogen-bond acceptors (Lipinski definition) is 6. The Hall–Kier alpha value is -3.27. The molecule has 3 aromatic carbocycles. The Morgan fingerprint density at radius 3 is 2.18 bits per heavy atom. The van der Waals surface area contributed by atoms with E-state index >= 15 is 0 Å². The Morgan fingerprint density at radius 2 is 1.43 bits per heavy atom. The number of anilines is 1. The molecule has 0 amide bonds. The summed E-state index contributed by atoms with van der Waals surface area (Å²) in [6.45, 7) is 0. The molecule has 1 atom stereocenters. The summed E-state index contributed by atoms with van der Waals surface area (Å²) < 4.78 is 1.89. The largest absolute Gasteiger partial charge is 0.508 e. The number of phenols is 3. The molecule has 1 aliphatic heterocycles. The van der Waals surface area contributed by atoms with Crippen LogP contribution in [-0.4, -0.2) is 41.8 Å². The summed E-state index contributed by atoms with van der Waals surface area (Å²) in [6, 6.07) is 17.8. The standard InChI is InChI=1S/C13H10NO2.C8H6N2O.Al/c15-11-7-2-1-4-8(11)12-9-5-3-6-10(14-12)13(9)16;11-7-3-1-2-6-8(7)10-5-4-9-6;/h1-7,12,15-16H;1-5,11H;/q-1;;+1. The van der Waals surface area contributed by atoms with Crippen molar-refractivity contribution in [2.24, 2.45) is 0 Å². The number of rotatable bonds is 1. The molecule has 2 heterocycles. The van der Waals surface area contributed by atoms with Crippen LogP contribution in [0.4, 0.5) is 5.69 Å². The summed E-state index contributed by atoms with van der Waals surface area (Å²) >= 11 is 2.59. The van der Waals surface area contributed by atoms with Gasteiger partial charge in [-0.1, -0.05) is 36.4 Å². The van der Waals surface area contributed by atoms with Crippen LogP contribution in [0.15, 0.2) is 73.1 Å². The molecule has 2 bridgehead atoms. The van der Waals surface area contributed by atoms with Gasteiger partial charge < -0.3 is 19.2 Å². The normalized spacial score (nSPS) is 14.6. The second-order valence-electron chi connectivity index (χ2n) is 6.28. The van der Waals surface area contributed by atoms with Crippen LogP contribution in [0.2, 0.25) is 0 Å². The smallest absolute Gasteiger partial charge is 0.311 e. The lowest BCUT2D eigenvalue weighted by molar-refractivity contribution is 0.463. The molecule has 0 saturated heterocycles. The van der Waals surface area contributed by atoms with Crippen molar-refractivity contribution in [1.82, 2.24) is 9.97 Å². The van der Waals surface area contributed by atoms with Crippen LogP contribution < -0.4 is 3.88 Å². The molecule has 0 fully saturated rings. The Bertz CT molecular complexity index is 1150. The molecule has 4 aromatic rings. The number of aromatic nitrogens is 2. The number of hydrogen-bond donors (Lipinski definition) is 3. The van der Waals surface area contributed by atoms with Crippen molar-refractivity contribution in [3.63, 3.8) is 0 Å². The predicted molar refractivity (Wildman–Crippen MR) is 107 cm³/mol. The number of aromatic hydroxyl groups is 3. The van der Waals surface area contributed by atoms with E-state index in [0.29, 0.717) is 11.0 Å². The highest BCUT2D eigenvalue weighted by Gasteiger charge is 2.31. The molecule has 5 rings (SSSR count). The van der Waals surface area contributed by atoms with Crippen molar-refractivity contribution in [3.05, 3.63) is 84.2 Å². The van der Waals surface area contributed by atoms with Gasteiger partial charge in [0.15, 0.2) is 0 Å². The van der Waals surface area contributed by atoms with E-state index in [1.165, 1.54) is 0 Å². The Morgan fingerprint density at radius 1 is 0.750 bits per heavy atom. The summed E-state index contributed by atoms with van der Waals surface area (Å²) in [5, 5.41) is 29.2. The van der Waals surface area contributed by atoms with Crippen LogP contribution in [-0.2, 0) is 0 Å². The second-order valence-corrected chi connectivity index (χ2v) is 6.84. The fourth-order valence-electron chi connectivity index (χ4n) is 3.28. The van der Waals surface area contributed by atoms with Gasteiger partial charge in [0.2, 0.25) is 0 Å². The first-order valence-corrected chi connectivity index (χ1v) is 9.12. The van der Waals surface area contributed by atoms with Gasteiger partial charge in [0.25, 0.3) is 0 Å². The molecule has 136 valence electrons. The van der Waals surface area contributed by atoms with E-state index in [1.54, 1.807) is 36.7 Å². The lowest BCUT2D eigenvalue weighted by Crippen LogP contribution is -2.21. The van der Waals surface area contributed by atoms with Gasteiger partial charge in [0.1, 0.15) is 22.8 Å². The fraction of sp³-hybridized carbons (Fsp3) is 0.0476. The van der Waals surface area contributed by atoms with Crippen molar-refractivity contribution >= 4 is 33.2 Å². The Balaban J connectivity index is 0.000000151. The third-order valence-corrected chi connectivity index (χ3v) is 5.18. The fourth-order valence-corrected chi connectivity index (χ4v) is 3.81. The minimum Gasteiger partial charge on any atom is -0.508 e. The molecule has 1 aliphatic rings. The first kappa shape index (κ1) is 18.1. The van der Waals surface area contributed by atoms with Crippen molar-refractivity contribution in [2.45, 2.75) is 6.04 Å². The zero-order chi connectivity index (χ0) is 19.7. The SMILES string of the molecule is Oc1cccc2nccnc12.Oc1ccccc1C1c2cccc(c2O)[N]1[Al]. The first-order chi connectivity index (χ1) is 13.6. The lowest BCUT2D eigenvalue weighted by Gasteiger charge is -2.25. The van der Waals surface area contributed by atoms with Gasteiger partial charge in [-0.3, -0.25) is 4.98 Å². The zero-order valence-electron chi connectivity index (χ0n) is 14.8. The maximum Gasteiger partial charge on any atom is 0.311 e. The second kappa shape index (κ2) is 7.39. The van der Waals surface area contributed by atoms with Gasteiger partial charge in [0.05, 0.1) is 17.2 Å². The maximum atomic E-state index is 10.0. The molecule has 6 nitrogen and oxygen atoms in total. The minimum absolute atomic E-state index is 0.147. The molecular formula is C21H16AlN3O3. The van der Waals surface area contributed by atoms with E-state index in [2.05, 4.69) is 26.5 Å². The topological polar surface area (TPSA) is 89.7 Å². The molecule has 0 saturated carbocycles. The van der Waals surface area contributed by atoms with Crippen molar-refractivity contribution in [2.75, 3.05) is 3.88 Å². The van der Waals surface area contributed by atoms with Crippen LogP contribution in [0.1, 0.15) is 17.2 Å². The van der Waals surface area contributed by atoms with Gasteiger partial charge in [0, 0.05) is 23.5 Å². The average Bonchev–Trinajstić information content (AvgIpc) is 2.84. The highest BCUT2D eigenvalue weighted by atomic mass is 27.1. The van der Waals surface area contributed by atoms with Crippen molar-refractivity contribution < 1.29 is 15.3 Å². The quantitative estimate of drug-likeness (QED) is 0.435. The van der Waals surface area contributed by atoms with Crippen LogP contribution in [0.5, 0.6) is 17.2 Å². The minimum atomic E-state index is -0.147. The molecule has 28 heavy (non-hydrogen) atoms. The lowest BCUT2D eigenvalue weighted by atomic mass is 10.0. The Kier molecular flexibility index (Phi) is 4.78. The number of phenolic OH excluding ortho intramolecular Hbond substituents is 3. The number of para-hydroxylation sites is 3. The van der Waals surface area contributed by atoms with Gasteiger partial charge in [-0.05, 0) is 24.3 Å². The predicted octanol–water partition coefficient (Wildman–Crippen LogP) is 3.43. The van der Waals surface area contributed by atoms with Gasteiger partial charge in [-0.2, -0.15) is 0 Å². The monoisotopic (exact) mass is 385 g/mol. The summed E-state index contributed by atoms with van der Waals surface area (Å²) in [5.41, 5.74) is 3.64. The highest BCUT2D eigenvalue weighted by molar-refractivity contribution is 6.20. The first-order valence-electron chi connectivity index (χ1n) is 8.60. The number of benzene rings is 3. The summed E-state index contributed by atoms with van der Waals surface area (Å²) in [7, 11) is 0. The molecule has 1 aromatic heterocycles. The molecule has 1 unspecified atom stereocenters. The molecule has 7 heteroatoms. The van der Waals surface area contributed by atoms with Gasteiger partial charge in [-0.25, -0.2) is 4.98 Å². The third-order valence-electron chi connectivity index (χ3n) is 4.61. The molecule has 0 spiro atoms. The van der Waals surface area contributed by atoms with Crippen LogP contribution >= 0.6 is 0 Å². The number of nitrogens with zero attached hydrogens (tertiary/aromatic N) is 3. The third kappa shape index (κ3) is 3.11. The van der Waals surface area contributed by atoms with E-state index < -0.39 is 0 Å². The zero-order valence-corrected chi connectivity index (χ0v) is 15.9. The van der Waals surface area contributed by atoms with E-state index in [-0.39, 0.29) is 23.3 Å². The van der Waals surface area contributed by atoms with Crippen LogP contribution in [0, 0.1) is 0 Å². The maximum absolute atomic E-state index is 10.0. The van der Waals surface area contributed by atoms with Gasteiger partial charge >= 0.3 is 16.5 Å². The molecule has 3 N–H and O–H groups in total. The van der Waals surface area contributed by atoms with Crippen molar-refractivity contribution in [3.8, 4) is 17.2 Å². The van der Waals surface area contributed by atoms with Gasteiger partial charge in [-0.15, -0.1) is 0 Å². The van der Waals surface area contributed by atoms with E-state index in [4.69, 9.17) is 0 Å². The average molecular weight is 385 g/mol. The van der Waals surface area contributed by atoms with Crippen LogP contribution in [0.25, 0.3) is 11.0 Å². The summed E-state index contributed by atoms with van der Waals surface area (Å²) in [5.74, 6) is 0.707. The molecular weight excluding hydrogens is 369 g/mol. The Labute approximate surface area is 170 Å². The van der Waals surface area contributed by atoms with E-state index in [1.807, 2.05) is 40.3 Å². The summed E-state index contributed by atoms with van der Waals surface area (Å²) in [4.78, 5) is 7.99. The van der Waals surface area contributed by atoms with E-state index in [0.717, 1.165) is 16.8 Å². The molecule has 2 radical (unpaired) electrons. The molecule has 0 aliphatic carbocycles. The highest BCUT2D eigenvalue weighted by Crippen LogP contribution is 2.49. The van der Waals surface area contributed by atoms with Crippen molar-refractivity contribution in [1.29, 1.82) is 0 Å². The van der Waals surface area contributed by atoms with E-state index in [9.17, 15) is 15.3 Å². The summed E-state index contributed by atoms with van der Waals surface area (Å²) in [6.07, 6.45) is 3.16.